The molecule has 0 unspecified atom stereocenters. The van der Waals surface area contributed by atoms with Gasteiger partial charge in [-0.25, -0.2) is 4.79 Å². The van der Waals surface area contributed by atoms with Gasteiger partial charge in [0.15, 0.2) is 0 Å². The minimum atomic E-state index is -0.789. The van der Waals surface area contributed by atoms with Gasteiger partial charge in [-0.1, -0.05) is 13.8 Å². The third-order valence-electron chi connectivity index (χ3n) is 5.97. The van der Waals surface area contributed by atoms with E-state index in [1.165, 1.54) is 0 Å². The molecule has 188 valence electrons. The van der Waals surface area contributed by atoms with Crippen LogP contribution in [-0.4, -0.2) is 83.5 Å². The van der Waals surface area contributed by atoms with Gasteiger partial charge in [-0.15, -0.1) is 0 Å². The van der Waals surface area contributed by atoms with Gasteiger partial charge in [-0.05, 0) is 65.3 Å². The molecular formula is C23H41N5O5. The molecule has 2 aliphatic rings. The SMILES string of the molecule is CC(C)C[C@H](NC(=O)OC(C)(C)C)C(=O)NCC(=O)N1CCC[C@H](N2CCC[C@H]2C(N)=O)C1. The zero-order valence-corrected chi connectivity index (χ0v) is 20.7. The molecule has 2 heterocycles. The number of piperidine rings is 1. The van der Waals surface area contributed by atoms with Crippen LogP contribution in [0.25, 0.3) is 0 Å². The predicted octanol–water partition coefficient (Wildman–Crippen LogP) is 0.983. The number of nitrogens with one attached hydrogen (secondary N) is 2. The van der Waals surface area contributed by atoms with Crippen LogP contribution in [0.3, 0.4) is 0 Å². The van der Waals surface area contributed by atoms with Crippen molar-refractivity contribution in [3.05, 3.63) is 0 Å². The fraction of sp³-hybridized carbons (Fsp3) is 0.826. The predicted molar refractivity (Wildman–Crippen MR) is 124 cm³/mol. The Morgan fingerprint density at radius 2 is 1.76 bits per heavy atom. The maximum Gasteiger partial charge on any atom is 0.408 e. The van der Waals surface area contributed by atoms with E-state index in [9.17, 15) is 19.2 Å². The lowest BCUT2D eigenvalue weighted by molar-refractivity contribution is -0.135. The Kier molecular flexibility index (Phi) is 9.51. The third kappa shape index (κ3) is 8.49. The van der Waals surface area contributed by atoms with Crippen LogP contribution in [-0.2, 0) is 19.1 Å². The average Bonchev–Trinajstić information content (AvgIpc) is 3.20. The molecule has 0 bridgehead atoms. The quantitative estimate of drug-likeness (QED) is 0.487. The molecule has 3 atom stereocenters. The number of nitrogens with zero attached hydrogens (tertiary/aromatic N) is 2. The number of carbonyl (C=O) groups excluding carboxylic acids is 4. The van der Waals surface area contributed by atoms with Gasteiger partial charge in [0.25, 0.3) is 0 Å². The molecule has 2 aliphatic heterocycles. The number of alkyl carbamates (subject to hydrolysis) is 1. The first-order valence-corrected chi connectivity index (χ1v) is 12.0. The zero-order chi connectivity index (χ0) is 24.8. The van der Waals surface area contributed by atoms with Crippen LogP contribution in [0.15, 0.2) is 0 Å². The van der Waals surface area contributed by atoms with Gasteiger partial charge in [0.05, 0.1) is 12.6 Å². The maximum absolute atomic E-state index is 12.8. The lowest BCUT2D eigenvalue weighted by atomic mass is 10.0. The maximum atomic E-state index is 12.8. The van der Waals surface area contributed by atoms with E-state index >= 15 is 0 Å². The van der Waals surface area contributed by atoms with Crippen molar-refractivity contribution in [3.8, 4) is 0 Å². The summed E-state index contributed by atoms with van der Waals surface area (Å²) in [6, 6.07) is -0.955. The number of primary amides is 1. The highest BCUT2D eigenvalue weighted by Gasteiger charge is 2.37. The Balaban J connectivity index is 1.90. The molecule has 0 saturated carbocycles. The highest BCUT2D eigenvalue weighted by molar-refractivity contribution is 5.89. The molecule has 0 radical (unpaired) electrons. The summed E-state index contributed by atoms with van der Waals surface area (Å²) in [5.41, 5.74) is 4.88. The molecule has 2 rings (SSSR count). The second kappa shape index (κ2) is 11.7. The van der Waals surface area contributed by atoms with Crippen LogP contribution in [0.1, 0.15) is 66.7 Å². The van der Waals surface area contributed by atoms with E-state index < -0.39 is 23.6 Å². The van der Waals surface area contributed by atoms with Crippen molar-refractivity contribution in [2.45, 2.75) is 90.4 Å². The monoisotopic (exact) mass is 467 g/mol. The van der Waals surface area contributed by atoms with Crippen LogP contribution in [0, 0.1) is 5.92 Å². The van der Waals surface area contributed by atoms with E-state index in [4.69, 9.17) is 10.5 Å². The smallest absolute Gasteiger partial charge is 0.408 e. The summed E-state index contributed by atoms with van der Waals surface area (Å²) in [7, 11) is 0. The van der Waals surface area contributed by atoms with E-state index in [0.717, 1.165) is 32.2 Å². The summed E-state index contributed by atoms with van der Waals surface area (Å²) < 4.78 is 5.26. The number of likely N-dealkylation sites (tertiary alicyclic amines) is 2. The number of rotatable bonds is 8. The fourth-order valence-electron chi connectivity index (χ4n) is 4.53. The summed E-state index contributed by atoms with van der Waals surface area (Å²) in [6.45, 7) is 11.0. The molecule has 4 amide bonds. The molecule has 33 heavy (non-hydrogen) atoms. The number of nitrogens with two attached hydrogens (primary N) is 1. The second-order valence-corrected chi connectivity index (χ2v) is 10.5. The number of ether oxygens (including phenoxy) is 1. The van der Waals surface area contributed by atoms with Gasteiger partial charge in [0, 0.05) is 19.1 Å². The fourth-order valence-corrected chi connectivity index (χ4v) is 4.53. The van der Waals surface area contributed by atoms with Gasteiger partial charge < -0.3 is 26.0 Å². The minimum absolute atomic E-state index is 0.0981. The lowest BCUT2D eigenvalue weighted by Gasteiger charge is -2.39. The third-order valence-corrected chi connectivity index (χ3v) is 5.97. The van der Waals surface area contributed by atoms with Crippen LogP contribution in [0.4, 0.5) is 4.79 Å². The van der Waals surface area contributed by atoms with E-state index in [1.54, 1.807) is 25.7 Å². The van der Waals surface area contributed by atoms with Crippen LogP contribution >= 0.6 is 0 Å². The summed E-state index contributed by atoms with van der Waals surface area (Å²) in [6.07, 6.45) is 3.20. The van der Waals surface area contributed by atoms with E-state index in [2.05, 4.69) is 15.5 Å². The van der Waals surface area contributed by atoms with Gasteiger partial charge in [-0.3, -0.25) is 19.3 Å². The molecule has 10 nitrogen and oxygen atoms in total. The summed E-state index contributed by atoms with van der Waals surface area (Å²) in [4.78, 5) is 53.3. The largest absolute Gasteiger partial charge is 0.444 e. The van der Waals surface area contributed by atoms with E-state index in [0.29, 0.717) is 19.5 Å². The molecular weight excluding hydrogens is 426 g/mol. The Morgan fingerprint density at radius 1 is 1.09 bits per heavy atom. The molecule has 4 N–H and O–H groups in total. The first-order valence-electron chi connectivity index (χ1n) is 12.0. The molecule has 10 heteroatoms. The van der Waals surface area contributed by atoms with Crippen molar-refractivity contribution >= 4 is 23.8 Å². The first kappa shape index (κ1) is 26.9. The highest BCUT2D eigenvalue weighted by Crippen LogP contribution is 2.25. The average molecular weight is 468 g/mol. The number of hydrogen-bond donors (Lipinski definition) is 3. The number of carbonyl (C=O) groups is 4. The van der Waals surface area contributed by atoms with Crippen molar-refractivity contribution in [1.29, 1.82) is 0 Å². The molecule has 2 saturated heterocycles. The molecule has 0 aromatic carbocycles. The molecule has 0 aromatic rings. The summed E-state index contributed by atoms with van der Waals surface area (Å²) >= 11 is 0. The van der Waals surface area contributed by atoms with E-state index in [1.807, 2.05) is 13.8 Å². The minimum Gasteiger partial charge on any atom is -0.444 e. The van der Waals surface area contributed by atoms with Crippen molar-refractivity contribution < 1.29 is 23.9 Å². The molecule has 2 fully saturated rings. The van der Waals surface area contributed by atoms with Gasteiger partial charge in [0.2, 0.25) is 17.7 Å². The molecule has 0 spiro atoms. The van der Waals surface area contributed by atoms with E-state index in [-0.39, 0.29) is 36.4 Å². The Hall–Kier alpha value is -2.36. The highest BCUT2D eigenvalue weighted by atomic mass is 16.6. The number of hydrogen-bond acceptors (Lipinski definition) is 6. The summed E-state index contributed by atoms with van der Waals surface area (Å²) in [5.74, 6) is -0.738. The van der Waals surface area contributed by atoms with Crippen LogP contribution in [0.2, 0.25) is 0 Å². The van der Waals surface area contributed by atoms with Gasteiger partial charge >= 0.3 is 6.09 Å². The zero-order valence-electron chi connectivity index (χ0n) is 20.7. The normalized spacial score (nSPS) is 22.7. The Labute approximate surface area is 196 Å². The Bertz CT molecular complexity index is 721. The van der Waals surface area contributed by atoms with Crippen molar-refractivity contribution in [2.75, 3.05) is 26.2 Å². The molecule has 0 aliphatic carbocycles. The number of amides is 4. The van der Waals surface area contributed by atoms with Crippen molar-refractivity contribution in [2.24, 2.45) is 11.7 Å². The second-order valence-electron chi connectivity index (χ2n) is 10.5. The topological polar surface area (TPSA) is 134 Å². The van der Waals surface area contributed by atoms with Gasteiger partial charge in [-0.2, -0.15) is 0 Å². The molecule has 0 aromatic heterocycles. The van der Waals surface area contributed by atoms with Crippen molar-refractivity contribution in [1.82, 2.24) is 20.4 Å². The standard InChI is InChI=1S/C23H41N5O5/c1-15(2)12-17(26-22(32)33-23(3,4)5)21(31)25-13-19(29)27-10-6-8-16(14-27)28-11-7-9-18(28)20(24)30/h15-18H,6-14H2,1-5H3,(H2,24,30)(H,25,31)(H,26,32)/t16-,17-,18-/m0/s1. The first-order chi connectivity index (χ1) is 15.4. The van der Waals surface area contributed by atoms with Crippen LogP contribution < -0.4 is 16.4 Å². The lowest BCUT2D eigenvalue weighted by Crippen LogP contribution is -2.55. The van der Waals surface area contributed by atoms with Crippen molar-refractivity contribution in [3.63, 3.8) is 0 Å². The van der Waals surface area contributed by atoms with Gasteiger partial charge in [0.1, 0.15) is 11.6 Å². The van der Waals surface area contributed by atoms with Crippen LogP contribution in [0.5, 0.6) is 0 Å². The Morgan fingerprint density at radius 3 is 2.36 bits per heavy atom. The summed E-state index contributed by atoms with van der Waals surface area (Å²) in [5, 5.41) is 5.30.